The van der Waals surface area contributed by atoms with E-state index in [0.29, 0.717) is 16.3 Å². The summed E-state index contributed by atoms with van der Waals surface area (Å²) in [5.74, 6) is 0. The van der Waals surface area contributed by atoms with Gasteiger partial charge in [-0.3, -0.25) is 4.99 Å². The quantitative estimate of drug-likeness (QED) is 0.641. The summed E-state index contributed by atoms with van der Waals surface area (Å²) in [5.41, 5.74) is 7.36. The van der Waals surface area contributed by atoms with Crippen LogP contribution in [-0.4, -0.2) is 22.7 Å². The van der Waals surface area contributed by atoms with Gasteiger partial charge < -0.3 is 5.73 Å². The van der Waals surface area contributed by atoms with Crippen LogP contribution in [0.5, 0.6) is 0 Å². The molecule has 0 atom stereocenters. The van der Waals surface area contributed by atoms with Crippen LogP contribution < -0.4 is 5.73 Å². The molecular formula is C9H10Cl2N4. The lowest BCUT2D eigenvalue weighted by Gasteiger charge is -2.06. The molecule has 0 saturated heterocycles. The molecule has 1 aromatic rings. The Balaban J connectivity index is 3.31. The van der Waals surface area contributed by atoms with Crippen molar-refractivity contribution in [2.45, 2.75) is 6.92 Å². The molecule has 0 aliphatic carbocycles. The van der Waals surface area contributed by atoms with Gasteiger partial charge in [-0.1, -0.05) is 11.6 Å². The molecule has 0 aliphatic rings. The number of hydrogen-bond acceptors (Lipinski definition) is 4. The van der Waals surface area contributed by atoms with E-state index in [4.69, 9.17) is 28.9 Å². The summed E-state index contributed by atoms with van der Waals surface area (Å²) in [6.07, 6.45) is 2.82. The first-order valence-electron chi connectivity index (χ1n) is 4.14. The summed E-state index contributed by atoms with van der Waals surface area (Å²) < 4.78 is 0. The van der Waals surface area contributed by atoms with Gasteiger partial charge in [0, 0.05) is 24.5 Å². The van der Waals surface area contributed by atoms with E-state index in [1.165, 1.54) is 12.4 Å². The zero-order valence-corrected chi connectivity index (χ0v) is 9.84. The summed E-state index contributed by atoms with van der Waals surface area (Å²) in [6.45, 7) is 1.81. The highest BCUT2D eigenvalue weighted by Gasteiger charge is 2.11. The Hall–Kier alpha value is -1.13. The van der Waals surface area contributed by atoms with Crippen molar-refractivity contribution in [2.24, 2.45) is 10.7 Å². The highest BCUT2D eigenvalue weighted by molar-refractivity contribution is 6.35. The largest absolute Gasteiger partial charge is 0.404 e. The van der Waals surface area contributed by atoms with Gasteiger partial charge >= 0.3 is 0 Å². The van der Waals surface area contributed by atoms with Crippen LogP contribution in [-0.2, 0) is 0 Å². The predicted molar refractivity (Wildman–Crippen MR) is 63.2 cm³/mol. The molecule has 0 unspecified atom stereocenters. The van der Waals surface area contributed by atoms with Gasteiger partial charge in [-0.25, -0.2) is 9.97 Å². The maximum Gasteiger partial charge on any atom is 0.222 e. The van der Waals surface area contributed by atoms with Crippen LogP contribution in [0.1, 0.15) is 12.6 Å². The van der Waals surface area contributed by atoms with Crippen LogP contribution in [0.25, 0.3) is 5.57 Å². The maximum absolute atomic E-state index is 5.94. The lowest BCUT2D eigenvalue weighted by Crippen LogP contribution is -2.04. The zero-order chi connectivity index (χ0) is 11.4. The van der Waals surface area contributed by atoms with Gasteiger partial charge in [-0.15, -0.1) is 0 Å². The molecule has 0 aliphatic heterocycles. The number of aromatic nitrogens is 2. The van der Waals surface area contributed by atoms with Crippen molar-refractivity contribution in [3.63, 3.8) is 0 Å². The Morgan fingerprint density at radius 2 is 2.20 bits per heavy atom. The van der Waals surface area contributed by atoms with E-state index in [2.05, 4.69) is 15.0 Å². The smallest absolute Gasteiger partial charge is 0.222 e. The van der Waals surface area contributed by atoms with E-state index in [0.717, 1.165) is 5.71 Å². The van der Waals surface area contributed by atoms with Crippen molar-refractivity contribution in [3.8, 4) is 0 Å². The van der Waals surface area contributed by atoms with Crippen molar-refractivity contribution in [1.82, 2.24) is 9.97 Å². The molecule has 1 aromatic heterocycles. The fourth-order valence-corrected chi connectivity index (χ4v) is 1.35. The van der Waals surface area contributed by atoms with E-state index in [1.54, 1.807) is 7.05 Å². The molecule has 4 nitrogen and oxygen atoms in total. The Morgan fingerprint density at radius 1 is 1.53 bits per heavy atom. The molecule has 0 aromatic carbocycles. The average Bonchev–Trinajstić information content (AvgIpc) is 2.23. The summed E-state index contributed by atoms with van der Waals surface area (Å²) >= 11 is 11.6. The molecule has 2 N–H and O–H groups in total. The summed E-state index contributed by atoms with van der Waals surface area (Å²) in [7, 11) is 1.66. The zero-order valence-electron chi connectivity index (χ0n) is 8.33. The van der Waals surface area contributed by atoms with Crippen LogP contribution in [0.4, 0.5) is 0 Å². The molecule has 0 fully saturated rings. The second kappa shape index (κ2) is 5.09. The number of allylic oxidation sites excluding steroid dienone is 1. The van der Waals surface area contributed by atoms with Gasteiger partial charge in [0.2, 0.25) is 5.28 Å². The highest BCUT2D eigenvalue weighted by atomic mass is 35.5. The lowest BCUT2D eigenvalue weighted by atomic mass is 10.1. The number of aliphatic imine (C=N–C) groups is 1. The van der Waals surface area contributed by atoms with Crippen molar-refractivity contribution < 1.29 is 0 Å². The van der Waals surface area contributed by atoms with Crippen LogP contribution in [0.2, 0.25) is 10.3 Å². The van der Waals surface area contributed by atoms with Gasteiger partial charge in [0.05, 0.1) is 16.9 Å². The second-order valence-electron chi connectivity index (χ2n) is 2.72. The molecule has 15 heavy (non-hydrogen) atoms. The van der Waals surface area contributed by atoms with Crippen molar-refractivity contribution in [1.29, 1.82) is 0 Å². The van der Waals surface area contributed by atoms with E-state index < -0.39 is 0 Å². The Labute approximate surface area is 97.8 Å². The third-order valence-corrected chi connectivity index (χ3v) is 2.32. The van der Waals surface area contributed by atoms with Crippen molar-refractivity contribution >= 4 is 34.5 Å². The van der Waals surface area contributed by atoms with Crippen LogP contribution in [0.3, 0.4) is 0 Å². The van der Waals surface area contributed by atoms with Crippen LogP contribution >= 0.6 is 23.2 Å². The SMILES string of the molecule is CN=C(C)C(=CN)c1nc(Cl)ncc1Cl. The maximum atomic E-state index is 5.94. The molecule has 80 valence electrons. The van der Waals surface area contributed by atoms with E-state index in [9.17, 15) is 0 Å². The monoisotopic (exact) mass is 244 g/mol. The second-order valence-corrected chi connectivity index (χ2v) is 3.47. The van der Waals surface area contributed by atoms with E-state index >= 15 is 0 Å². The molecule has 6 heteroatoms. The fourth-order valence-electron chi connectivity index (χ4n) is 1.03. The topological polar surface area (TPSA) is 64.2 Å². The van der Waals surface area contributed by atoms with Gasteiger partial charge in [-0.05, 0) is 18.5 Å². The number of halogens is 2. The molecule has 0 spiro atoms. The molecule has 1 rings (SSSR count). The van der Waals surface area contributed by atoms with Gasteiger partial charge in [0.15, 0.2) is 0 Å². The third kappa shape index (κ3) is 2.67. The standard InChI is InChI=1S/C9H10Cl2N4/c1-5(13-2)6(3-12)8-7(10)4-14-9(11)15-8/h3-4H,12H2,1-2H3. The first-order valence-corrected chi connectivity index (χ1v) is 4.89. The normalized spacial score (nSPS) is 13.1. The molecule has 0 radical (unpaired) electrons. The van der Waals surface area contributed by atoms with Gasteiger partial charge in [0.1, 0.15) is 0 Å². The number of nitrogens with two attached hydrogens (primary N) is 1. The Bertz CT molecular complexity index is 426. The van der Waals surface area contributed by atoms with Gasteiger partial charge in [-0.2, -0.15) is 0 Å². The average molecular weight is 245 g/mol. The van der Waals surface area contributed by atoms with E-state index in [1.807, 2.05) is 6.92 Å². The molecular weight excluding hydrogens is 235 g/mol. The first kappa shape index (κ1) is 11.9. The minimum Gasteiger partial charge on any atom is -0.404 e. The number of rotatable bonds is 2. The van der Waals surface area contributed by atoms with Gasteiger partial charge in [0.25, 0.3) is 0 Å². The number of hydrogen-bond donors (Lipinski definition) is 1. The number of nitrogens with zero attached hydrogens (tertiary/aromatic N) is 3. The van der Waals surface area contributed by atoms with Crippen LogP contribution in [0, 0.1) is 0 Å². The lowest BCUT2D eigenvalue weighted by molar-refractivity contribution is 1.14. The van der Waals surface area contributed by atoms with Crippen LogP contribution in [0.15, 0.2) is 17.4 Å². The minimum absolute atomic E-state index is 0.123. The molecule has 0 bridgehead atoms. The summed E-state index contributed by atoms with van der Waals surface area (Å²) in [5, 5.41) is 0.511. The fraction of sp³-hybridized carbons (Fsp3) is 0.222. The van der Waals surface area contributed by atoms with Crippen molar-refractivity contribution in [2.75, 3.05) is 7.05 Å². The highest BCUT2D eigenvalue weighted by Crippen LogP contribution is 2.22. The van der Waals surface area contributed by atoms with E-state index in [-0.39, 0.29) is 5.28 Å². The third-order valence-electron chi connectivity index (χ3n) is 1.86. The Morgan fingerprint density at radius 3 is 2.73 bits per heavy atom. The molecule has 0 saturated carbocycles. The summed E-state index contributed by atoms with van der Waals surface area (Å²) in [6, 6.07) is 0. The molecule has 1 heterocycles. The Kier molecular flexibility index (Phi) is 4.05. The predicted octanol–water partition coefficient (Wildman–Crippen LogP) is 2.17. The summed E-state index contributed by atoms with van der Waals surface area (Å²) in [4.78, 5) is 11.8. The molecule has 0 amide bonds. The first-order chi connectivity index (χ1) is 7.10. The van der Waals surface area contributed by atoms with Crippen molar-refractivity contribution in [3.05, 3.63) is 28.4 Å². The minimum atomic E-state index is 0.123.